The third-order valence-electron chi connectivity index (χ3n) is 3.95. The highest BCUT2D eigenvalue weighted by Gasteiger charge is 2.10. The SMILES string of the molecule is Cc1cc(Nc2c(Cl)cccc2Cl)nc(Nc2cccc3cccnc23)n1. The maximum absolute atomic E-state index is 6.24. The molecule has 2 aromatic heterocycles. The number of hydrogen-bond acceptors (Lipinski definition) is 5. The molecule has 7 heteroatoms. The van der Waals surface area contributed by atoms with Crippen LogP contribution < -0.4 is 10.6 Å². The lowest BCUT2D eigenvalue weighted by atomic mass is 10.2. The summed E-state index contributed by atoms with van der Waals surface area (Å²) in [6, 6.07) is 17.0. The normalized spacial score (nSPS) is 10.8. The third kappa shape index (κ3) is 3.79. The predicted octanol–water partition coefficient (Wildman–Crippen LogP) is 6.13. The number of fused-ring (bicyclic) bond motifs is 1. The van der Waals surface area contributed by atoms with E-state index in [0.717, 1.165) is 22.3 Å². The van der Waals surface area contributed by atoms with Gasteiger partial charge in [0.05, 0.1) is 26.9 Å². The van der Waals surface area contributed by atoms with Crippen LogP contribution in [0.1, 0.15) is 5.69 Å². The van der Waals surface area contributed by atoms with Gasteiger partial charge in [-0.05, 0) is 31.2 Å². The van der Waals surface area contributed by atoms with E-state index >= 15 is 0 Å². The number of aryl methyl sites for hydroxylation is 1. The quantitative estimate of drug-likeness (QED) is 0.435. The van der Waals surface area contributed by atoms with Crippen LogP contribution in [0.2, 0.25) is 10.0 Å². The monoisotopic (exact) mass is 395 g/mol. The van der Waals surface area contributed by atoms with Crippen molar-refractivity contribution in [1.82, 2.24) is 15.0 Å². The van der Waals surface area contributed by atoms with Gasteiger partial charge in [0.25, 0.3) is 0 Å². The molecule has 0 aliphatic heterocycles. The predicted molar refractivity (Wildman–Crippen MR) is 112 cm³/mol. The van der Waals surface area contributed by atoms with Crippen LogP contribution in [0.15, 0.2) is 60.8 Å². The lowest BCUT2D eigenvalue weighted by molar-refractivity contribution is 1.11. The number of benzene rings is 2. The van der Waals surface area contributed by atoms with Gasteiger partial charge in [0.1, 0.15) is 5.82 Å². The zero-order valence-corrected chi connectivity index (χ0v) is 15.9. The van der Waals surface area contributed by atoms with Crippen LogP contribution in [0.3, 0.4) is 0 Å². The molecule has 2 N–H and O–H groups in total. The molecule has 5 nitrogen and oxygen atoms in total. The highest BCUT2D eigenvalue weighted by atomic mass is 35.5. The fourth-order valence-corrected chi connectivity index (χ4v) is 3.25. The molecule has 0 fully saturated rings. The van der Waals surface area contributed by atoms with Crippen LogP contribution in [-0.4, -0.2) is 15.0 Å². The summed E-state index contributed by atoms with van der Waals surface area (Å²) in [5.41, 5.74) is 3.09. The number of nitrogens with zero attached hydrogens (tertiary/aromatic N) is 3. The summed E-state index contributed by atoms with van der Waals surface area (Å²) in [5, 5.41) is 8.50. The molecule has 134 valence electrons. The Kier molecular flexibility index (Phi) is 4.79. The Morgan fingerprint density at radius 2 is 1.59 bits per heavy atom. The number of pyridine rings is 1. The minimum atomic E-state index is 0.457. The maximum atomic E-state index is 6.24. The lowest BCUT2D eigenvalue weighted by Crippen LogP contribution is -2.03. The first-order valence-corrected chi connectivity index (χ1v) is 9.03. The molecule has 0 spiro atoms. The zero-order valence-electron chi connectivity index (χ0n) is 14.4. The second-order valence-electron chi connectivity index (χ2n) is 5.95. The van der Waals surface area contributed by atoms with E-state index < -0.39 is 0 Å². The van der Waals surface area contributed by atoms with Crippen molar-refractivity contribution < 1.29 is 0 Å². The minimum absolute atomic E-state index is 0.457. The molecule has 0 amide bonds. The molecular formula is C20H15Cl2N5. The van der Waals surface area contributed by atoms with Gasteiger partial charge in [0, 0.05) is 23.3 Å². The standard InChI is InChI=1S/C20H15Cl2N5/c1-12-11-17(26-19-14(21)7-3-8-15(19)22)27-20(24-12)25-16-9-2-5-13-6-4-10-23-18(13)16/h2-11H,1H3,(H2,24,25,26,27). The molecule has 0 aliphatic carbocycles. The zero-order chi connectivity index (χ0) is 18.8. The van der Waals surface area contributed by atoms with Gasteiger partial charge in [-0.3, -0.25) is 4.98 Å². The first-order chi connectivity index (χ1) is 13.1. The highest BCUT2D eigenvalue weighted by molar-refractivity contribution is 6.39. The Morgan fingerprint density at radius 1 is 0.852 bits per heavy atom. The van der Waals surface area contributed by atoms with Crippen LogP contribution in [0.4, 0.5) is 23.1 Å². The van der Waals surface area contributed by atoms with E-state index in [9.17, 15) is 0 Å². The van der Waals surface area contributed by atoms with Crippen LogP contribution in [0.5, 0.6) is 0 Å². The third-order valence-corrected chi connectivity index (χ3v) is 4.58. The molecule has 27 heavy (non-hydrogen) atoms. The fraction of sp³-hybridized carbons (Fsp3) is 0.0500. The van der Waals surface area contributed by atoms with Crippen LogP contribution in [0, 0.1) is 6.92 Å². The van der Waals surface area contributed by atoms with Crippen LogP contribution in [-0.2, 0) is 0 Å². The van der Waals surface area contributed by atoms with Crippen molar-refractivity contribution in [1.29, 1.82) is 0 Å². The minimum Gasteiger partial charge on any atom is -0.338 e. The smallest absolute Gasteiger partial charge is 0.229 e. The van der Waals surface area contributed by atoms with E-state index in [1.165, 1.54) is 0 Å². The summed E-state index contributed by atoms with van der Waals surface area (Å²) < 4.78 is 0. The second-order valence-corrected chi connectivity index (χ2v) is 6.76. The van der Waals surface area contributed by atoms with Crippen molar-refractivity contribution in [3.8, 4) is 0 Å². The second kappa shape index (κ2) is 7.39. The molecular weight excluding hydrogens is 381 g/mol. The molecule has 0 saturated heterocycles. The maximum Gasteiger partial charge on any atom is 0.229 e. The first kappa shape index (κ1) is 17.5. The topological polar surface area (TPSA) is 62.7 Å². The summed E-state index contributed by atoms with van der Waals surface area (Å²) in [6.07, 6.45) is 1.76. The molecule has 0 saturated carbocycles. The van der Waals surface area contributed by atoms with Crippen LogP contribution >= 0.6 is 23.2 Å². The van der Waals surface area contributed by atoms with Gasteiger partial charge in [0.15, 0.2) is 0 Å². The Balaban J connectivity index is 1.68. The summed E-state index contributed by atoms with van der Waals surface area (Å²) >= 11 is 12.5. The number of para-hydroxylation sites is 2. The molecule has 4 rings (SSSR count). The van der Waals surface area contributed by atoms with Crippen molar-refractivity contribution in [2.24, 2.45) is 0 Å². The van der Waals surface area contributed by atoms with Crippen molar-refractivity contribution in [2.45, 2.75) is 6.92 Å². The lowest BCUT2D eigenvalue weighted by Gasteiger charge is -2.12. The van der Waals surface area contributed by atoms with Crippen molar-refractivity contribution >= 4 is 57.2 Å². The summed E-state index contributed by atoms with van der Waals surface area (Å²) in [6.45, 7) is 1.90. The van der Waals surface area contributed by atoms with E-state index in [-0.39, 0.29) is 0 Å². The number of hydrogen-bond donors (Lipinski definition) is 2. The number of halogens is 2. The van der Waals surface area contributed by atoms with Gasteiger partial charge >= 0.3 is 0 Å². The van der Waals surface area contributed by atoms with Gasteiger partial charge in [-0.1, -0.05) is 47.5 Å². The average molecular weight is 396 g/mol. The molecule has 4 aromatic rings. The highest BCUT2D eigenvalue weighted by Crippen LogP contribution is 2.32. The van der Waals surface area contributed by atoms with Gasteiger partial charge < -0.3 is 10.6 Å². The van der Waals surface area contributed by atoms with E-state index in [2.05, 4.69) is 25.6 Å². The van der Waals surface area contributed by atoms with Crippen LogP contribution in [0.25, 0.3) is 10.9 Å². The Labute approximate surface area is 166 Å². The fourth-order valence-electron chi connectivity index (χ4n) is 2.76. The number of anilines is 4. The molecule has 0 unspecified atom stereocenters. The largest absolute Gasteiger partial charge is 0.338 e. The molecule has 0 atom stereocenters. The Bertz CT molecular complexity index is 1100. The van der Waals surface area contributed by atoms with Gasteiger partial charge in [-0.2, -0.15) is 4.98 Å². The molecule has 2 aromatic carbocycles. The Hall–Kier alpha value is -2.89. The number of rotatable bonds is 4. The summed E-state index contributed by atoms with van der Waals surface area (Å²) in [5.74, 6) is 1.05. The van der Waals surface area contributed by atoms with E-state index in [1.807, 2.05) is 43.3 Å². The first-order valence-electron chi connectivity index (χ1n) is 8.27. The van der Waals surface area contributed by atoms with Gasteiger partial charge in [-0.15, -0.1) is 0 Å². The molecule has 0 bridgehead atoms. The number of nitrogens with one attached hydrogen (secondary N) is 2. The molecule has 0 radical (unpaired) electrons. The van der Waals surface area contributed by atoms with E-state index in [4.69, 9.17) is 23.2 Å². The van der Waals surface area contributed by atoms with Gasteiger partial charge in [-0.25, -0.2) is 4.98 Å². The van der Waals surface area contributed by atoms with E-state index in [0.29, 0.717) is 27.5 Å². The average Bonchev–Trinajstić information content (AvgIpc) is 2.65. The van der Waals surface area contributed by atoms with Crippen molar-refractivity contribution in [2.75, 3.05) is 10.6 Å². The summed E-state index contributed by atoms with van der Waals surface area (Å²) in [7, 11) is 0. The van der Waals surface area contributed by atoms with Gasteiger partial charge in [0.2, 0.25) is 5.95 Å². The molecule has 2 heterocycles. The molecule has 0 aliphatic rings. The Morgan fingerprint density at radius 3 is 2.41 bits per heavy atom. The number of aromatic nitrogens is 3. The summed E-state index contributed by atoms with van der Waals surface area (Å²) in [4.78, 5) is 13.4. The van der Waals surface area contributed by atoms with Crippen molar-refractivity contribution in [3.05, 3.63) is 76.5 Å². The van der Waals surface area contributed by atoms with E-state index in [1.54, 1.807) is 24.4 Å². The van der Waals surface area contributed by atoms with Crippen molar-refractivity contribution in [3.63, 3.8) is 0 Å².